The first-order chi connectivity index (χ1) is 7.18. The highest BCUT2D eigenvalue weighted by Gasteiger charge is 2.17. The topological polar surface area (TPSA) is 34.9 Å². The van der Waals surface area contributed by atoms with Gasteiger partial charge in [-0.05, 0) is 44.7 Å². The Morgan fingerprint density at radius 3 is 2.60 bits per heavy atom. The number of aromatic nitrogens is 2. The van der Waals surface area contributed by atoms with Crippen molar-refractivity contribution in [2.75, 3.05) is 0 Å². The number of halogens is 2. The van der Waals surface area contributed by atoms with Crippen LogP contribution in [0.1, 0.15) is 38.1 Å². The summed E-state index contributed by atoms with van der Waals surface area (Å²) in [5, 5.41) is 0. The van der Waals surface area contributed by atoms with Gasteiger partial charge in [-0.1, -0.05) is 19.3 Å². The molecular formula is C10H12Br2N2O. The molecule has 1 aromatic rings. The van der Waals surface area contributed by atoms with Gasteiger partial charge in [-0.25, -0.2) is 4.98 Å². The molecule has 0 bridgehead atoms. The highest BCUT2D eigenvalue weighted by molar-refractivity contribution is 9.11. The molecule has 0 atom stereocenters. The summed E-state index contributed by atoms with van der Waals surface area (Å²) in [4.78, 5) is 15.9. The molecule has 1 aliphatic rings. The zero-order valence-electron chi connectivity index (χ0n) is 8.25. The van der Waals surface area contributed by atoms with Crippen molar-refractivity contribution in [2.45, 2.75) is 38.1 Å². The number of nitrogens with zero attached hydrogens (tertiary/aromatic N) is 2. The summed E-state index contributed by atoms with van der Waals surface area (Å²) >= 11 is 6.50. The number of rotatable bonds is 1. The van der Waals surface area contributed by atoms with Gasteiger partial charge >= 0.3 is 0 Å². The van der Waals surface area contributed by atoms with Crippen molar-refractivity contribution in [3.8, 4) is 0 Å². The van der Waals surface area contributed by atoms with Crippen molar-refractivity contribution in [1.29, 1.82) is 0 Å². The predicted molar refractivity (Wildman–Crippen MR) is 66.0 cm³/mol. The summed E-state index contributed by atoms with van der Waals surface area (Å²) in [6.45, 7) is 0. The summed E-state index contributed by atoms with van der Waals surface area (Å²) in [5.41, 5.74) is -0.0231. The van der Waals surface area contributed by atoms with Crippen LogP contribution < -0.4 is 5.56 Å². The highest BCUT2D eigenvalue weighted by atomic mass is 79.9. The summed E-state index contributed by atoms with van der Waals surface area (Å²) in [6.07, 6.45) is 7.72. The van der Waals surface area contributed by atoms with Gasteiger partial charge in [0.05, 0.1) is 0 Å². The van der Waals surface area contributed by atoms with Crippen LogP contribution in [0, 0.1) is 0 Å². The first kappa shape index (κ1) is 11.3. The van der Waals surface area contributed by atoms with Gasteiger partial charge in [-0.3, -0.25) is 4.79 Å². The average Bonchev–Trinajstić information content (AvgIpc) is 2.24. The van der Waals surface area contributed by atoms with E-state index in [0.29, 0.717) is 15.2 Å². The molecule has 1 heterocycles. The molecule has 0 saturated heterocycles. The second-order valence-electron chi connectivity index (χ2n) is 3.86. The molecule has 5 heteroatoms. The molecule has 1 saturated carbocycles. The van der Waals surface area contributed by atoms with E-state index < -0.39 is 0 Å². The quantitative estimate of drug-likeness (QED) is 0.789. The van der Waals surface area contributed by atoms with E-state index in [-0.39, 0.29) is 5.56 Å². The van der Waals surface area contributed by atoms with Gasteiger partial charge in [0, 0.05) is 12.2 Å². The Morgan fingerprint density at radius 1 is 1.27 bits per heavy atom. The molecule has 0 spiro atoms. The Balaban J connectivity index is 2.38. The van der Waals surface area contributed by atoms with E-state index >= 15 is 0 Å². The van der Waals surface area contributed by atoms with E-state index in [4.69, 9.17) is 0 Å². The Kier molecular flexibility index (Phi) is 3.61. The maximum Gasteiger partial charge on any atom is 0.283 e. The van der Waals surface area contributed by atoms with Gasteiger partial charge in [-0.15, -0.1) is 0 Å². The zero-order chi connectivity index (χ0) is 10.8. The molecular weight excluding hydrogens is 324 g/mol. The monoisotopic (exact) mass is 334 g/mol. The summed E-state index contributed by atoms with van der Waals surface area (Å²) in [5.74, 6) is 0. The fourth-order valence-corrected chi connectivity index (χ4v) is 3.11. The Morgan fingerprint density at radius 2 is 1.93 bits per heavy atom. The molecule has 3 nitrogen and oxygen atoms in total. The van der Waals surface area contributed by atoms with Crippen LogP contribution in [0.25, 0.3) is 0 Å². The number of hydrogen-bond acceptors (Lipinski definition) is 2. The Labute approximate surface area is 105 Å². The summed E-state index contributed by atoms with van der Waals surface area (Å²) in [6, 6.07) is 0.349. The molecule has 1 aromatic heterocycles. The third kappa shape index (κ3) is 2.50. The van der Waals surface area contributed by atoms with E-state index in [1.165, 1.54) is 19.3 Å². The van der Waals surface area contributed by atoms with Gasteiger partial charge in [0.15, 0.2) is 4.60 Å². The Bertz CT molecular complexity index is 410. The molecule has 0 N–H and O–H groups in total. The van der Waals surface area contributed by atoms with Crippen LogP contribution in [-0.4, -0.2) is 9.55 Å². The van der Waals surface area contributed by atoms with Crippen LogP contribution >= 0.6 is 31.9 Å². The minimum Gasteiger partial charge on any atom is -0.307 e. The third-order valence-corrected chi connectivity index (χ3v) is 3.73. The van der Waals surface area contributed by atoms with E-state index in [9.17, 15) is 4.79 Å². The van der Waals surface area contributed by atoms with Crippen molar-refractivity contribution in [3.05, 3.63) is 25.8 Å². The maximum absolute atomic E-state index is 11.9. The SMILES string of the molecule is O=c1c(Br)nc(Br)cn1C1CCCCC1. The lowest BCUT2D eigenvalue weighted by Crippen LogP contribution is -2.27. The van der Waals surface area contributed by atoms with Crippen LogP contribution in [0.3, 0.4) is 0 Å². The average molecular weight is 336 g/mol. The molecule has 0 aliphatic heterocycles. The maximum atomic E-state index is 11.9. The second-order valence-corrected chi connectivity index (χ2v) is 5.42. The van der Waals surface area contributed by atoms with Crippen molar-refractivity contribution in [1.82, 2.24) is 9.55 Å². The van der Waals surface area contributed by atoms with Crippen LogP contribution in [0.4, 0.5) is 0 Å². The number of hydrogen-bond donors (Lipinski definition) is 0. The second kappa shape index (κ2) is 4.78. The lowest BCUT2D eigenvalue weighted by Gasteiger charge is -2.23. The molecule has 82 valence electrons. The largest absolute Gasteiger partial charge is 0.307 e. The standard InChI is InChI=1S/C10H12Br2N2O/c11-8-6-14(10(15)9(12)13-8)7-4-2-1-3-5-7/h6-7H,1-5H2. The van der Waals surface area contributed by atoms with E-state index in [0.717, 1.165) is 12.8 Å². The molecule has 0 aromatic carbocycles. The first-order valence-electron chi connectivity index (χ1n) is 5.12. The van der Waals surface area contributed by atoms with Gasteiger partial charge in [-0.2, -0.15) is 0 Å². The Hall–Kier alpha value is -0.160. The highest BCUT2D eigenvalue weighted by Crippen LogP contribution is 2.27. The lowest BCUT2D eigenvalue weighted by molar-refractivity contribution is 0.344. The molecule has 2 rings (SSSR count). The molecule has 0 radical (unpaired) electrons. The minimum atomic E-state index is -0.0231. The van der Waals surface area contributed by atoms with Crippen LogP contribution in [-0.2, 0) is 0 Å². The van der Waals surface area contributed by atoms with Crippen molar-refractivity contribution in [3.63, 3.8) is 0 Å². The van der Waals surface area contributed by atoms with E-state index in [2.05, 4.69) is 36.8 Å². The van der Waals surface area contributed by atoms with E-state index in [1.807, 2.05) is 0 Å². The van der Waals surface area contributed by atoms with E-state index in [1.54, 1.807) is 10.8 Å². The van der Waals surface area contributed by atoms with Crippen molar-refractivity contribution >= 4 is 31.9 Å². The van der Waals surface area contributed by atoms with Crippen molar-refractivity contribution in [2.24, 2.45) is 0 Å². The van der Waals surface area contributed by atoms with Gasteiger partial charge < -0.3 is 4.57 Å². The molecule has 15 heavy (non-hydrogen) atoms. The summed E-state index contributed by atoms with van der Waals surface area (Å²) in [7, 11) is 0. The van der Waals surface area contributed by atoms with Gasteiger partial charge in [0.2, 0.25) is 0 Å². The normalized spacial score (nSPS) is 18.0. The lowest BCUT2D eigenvalue weighted by atomic mass is 9.95. The van der Waals surface area contributed by atoms with Crippen LogP contribution in [0.15, 0.2) is 20.2 Å². The van der Waals surface area contributed by atoms with Crippen LogP contribution in [0.5, 0.6) is 0 Å². The van der Waals surface area contributed by atoms with Crippen molar-refractivity contribution < 1.29 is 0 Å². The molecule has 0 amide bonds. The zero-order valence-corrected chi connectivity index (χ0v) is 11.4. The van der Waals surface area contributed by atoms with Crippen LogP contribution in [0.2, 0.25) is 0 Å². The van der Waals surface area contributed by atoms with Gasteiger partial charge in [0.25, 0.3) is 5.56 Å². The summed E-state index contributed by atoms with van der Waals surface area (Å²) < 4.78 is 2.90. The molecule has 1 aliphatic carbocycles. The smallest absolute Gasteiger partial charge is 0.283 e. The predicted octanol–water partition coefficient (Wildman–Crippen LogP) is 3.27. The fourth-order valence-electron chi connectivity index (χ4n) is 2.08. The van der Waals surface area contributed by atoms with Gasteiger partial charge in [0.1, 0.15) is 4.60 Å². The third-order valence-electron chi connectivity index (χ3n) is 2.83. The fraction of sp³-hybridized carbons (Fsp3) is 0.600. The first-order valence-corrected chi connectivity index (χ1v) is 6.71. The molecule has 0 unspecified atom stereocenters. The molecule has 1 fully saturated rings. The minimum absolute atomic E-state index is 0.0231.